The van der Waals surface area contributed by atoms with Gasteiger partial charge in [0.25, 0.3) is 5.69 Å². The van der Waals surface area contributed by atoms with Crippen LogP contribution in [-0.2, 0) is 19.6 Å². The van der Waals surface area contributed by atoms with Gasteiger partial charge in [-0.15, -0.1) is 11.3 Å². The van der Waals surface area contributed by atoms with E-state index in [9.17, 15) is 23.3 Å². The number of hydrogen-bond acceptors (Lipinski definition) is 8. The highest BCUT2D eigenvalue weighted by atomic mass is 32.2. The zero-order valence-electron chi connectivity index (χ0n) is 13.9. The van der Waals surface area contributed by atoms with E-state index in [-0.39, 0.29) is 22.8 Å². The number of hydrogen-bond donors (Lipinski definition) is 1. The Balaban J connectivity index is 2.38. The van der Waals surface area contributed by atoms with Crippen LogP contribution in [0.3, 0.4) is 0 Å². The molecular weight excluding hydrogens is 384 g/mol. The third kappa shape index (κ3) is 4.56. The van der Waals surface area contributed by atoms with E-state index in [0.717, 1.165) is 18.2 Å². The van der Waals surface area contributed by atoms with Gasteiger partial charge in [0.1, 0.15) is 10.6 Å². The van der Waals surface area contributed by atoms with Gasteiger partial charge in [-0.25, -0.2) is 13.1 Å². The molecule has 1 atom stereocenters. The summed E-state index contributed by atoms with van der Waals surface area (Å²) in [5.74, 6) is -0.753. The number of nitrogens with zero attached hydrogens (tertiary/aromatic N) is 1. The molecule has 0 bridgehead atoms. The number of nitro benzene ring substituents is 1. The summed E-state index contributed by atoms with van der Waals surface area (Å²) in [6.07, 6.45) is -0.203. The van der Waals surface area contributed by atoms with E-state index in [1.807, 2.05) is 0 Å². The topological polar surface area (TPSA) is 125 Å². The van der Waals surface area contributed by atoms with Crippen molar-refractivity contribution in [3.63, 3.8) is 0 Å². The van der Waals surface area contributed by atoms with Gasteiger partial charge in [0.15, 0.2) is 0 Å². The minimum atomic E-state index is -4.12. The molecule has 1 N–H and O–H groups in total. The van der Waals surface area contributed by atoms with Gasteiger partial charge in [-0.2, -0.15) is 0 Å². The number of carbonyl (C=O) groups is 1. The van der Waals surface area contributed by atoms with Crippen LogP contribution in [-0.4, -0.2) is 33.5 Å². The van der Waals surface area contributed by atoms with Gasteiger partial charge < -0.3 is 9.47 Å². The van der Waals surface area contributed by atoms with Crippen molar-refractivity contribution in [1.82, 2.24) is 4.72 Å². The Labute approximate surface area is 153 Å². The molecule has 140 valence electrons. The number of nitro groups is 1. The van der Waals surface area contributed by atoms with Gasteiger partial charge >= 0.3 is 5.97 Å². The molecule has 0 aliphatic carbocycles. The highest BCUT2D eigenvalue weighted by molar-refractivity contribution is 7.89. The third-order valence-electron chi connectivity index (χ3n) is 3.43. The summed E-state index contributed by atoms with van der Waals surface area (Å²) in [6, 6.07) is 5.75. The number of nitrogens with one attached hydrogen (secondary N) is 1. The van der Waals surface area contributed by atoms with Crippen molar-refractivity contribution in [3.8, 4) is 5.75 Å². The molecular formula is C15H16N2O7S2. The number of carbonyl (C=O) groups excluding carboxylic acids is 1. The van der Waals surface area contributed by atoms with Crippen LogP contribution < -0.4 is 9.46 Å². The molecule has 0 saturated carbocycles. The molecule has 0 amide bonds. The van der Waals surface area contributed by atoms with Crippen LogP contribution in [0.25, 0.3) is 0 Å². The van der Waals surface area contributed by atoms with E-state index in [1.54, 1.807) is 17.5 Å². The molecule has 1 heterocycles. The second-order valence-electron chi connectivity index (χ2n) is 5.06. The molecule has 0 spiro atoms. The van der Waals surface area contributed by atoms with Crippen LogP contribution >= 0.6 is 11.3 Å². The maximum absolute atomic E-state index is 12.8. The van der Waals surface area contributed by atoms with E-state index in [4.69, 9.17) is 4.74 Å². The molecule has 0 aliphatic rings. The molecule has 0 aliphatic heterocycles. The molecule has 9 nitrogen and oxygen atoms in total. The van der Waals surface area contributed by atoms with E-state index < -0.39 is 27.0 Å². The number of esters is 1. The standard InChI is InChI=1S/C15H16N2O7S2/c1-23-12-8-10(17(19)20)5-6-14(12)26(21,22)16-11(9-15(18)24-2)13-4-3-7-25-13/h3-8,11,16H,9H2,1-2H3. The van der Waals surface area contributed by atoms with Gasteiger partial charge in [-0.3, -0.25) is 14.9 Å². The predicted molar refractivity (Wildman–Crippen MR) is 93.7 cm³/mol. The zero-order chi connectivity index (χ0) is 19.3. The lowest BCUT2D eigenvalue weighted by molar-refractivity contribution is -0.385. The summed E-state index contributed by atoms with van der Waals surface area (Å²) in [7, 11) is -1.70. The Morgan fingerprint density at radius 1 is 1.35 bits per heavy atom. The number of rotatable bonds is 8. The highest BCUT2D eigenvalue weighted by Gasteiger charge is 2.28. The Hall–Kier alpha value is -2.50. The Bertz CT molecular complexity index is 895. The Kier molecular flexibility index (Phi) is 6.29. The molecule has 1 unspecified atom stereocenters. The Morgan fingerprint density at radius 3 is 2.62 bits per heavy atom. The average Bonchev–Trinajstić information content (AvgIpc) is 3.14. The maximum Gasteiger partial charge on any atom is 0.307 e. The minimum absolute atomic E-state index is 0.172. The molecule has 0 saturated heterocycles. The van der Waals surface area contributed by atoms with Crippen molar-refractivity contribution < 1.29 is 27.6 Å². The second kappa shape index (κ2) is 8.25. The van der Waals surface area contributed by atoms with Crippen LogP contribution in [0.4, 0.5) is 5.69 Å². The quantitative estimate of drug-likeness (QED) is 0.409. The minimum Gasteiger partial charge on any atom is -0.495 e. The first-order chi connectivity index (χ1) is 12.3. The first-order valence-electron chi connectivity index (χ1n) is 7.23. The van der Waals surface area contributed by atoms with Gasteiger partial charge in [0.2, 0.25) is 10.0 Å². The summed E-state index contributed by atoms with van der Waals surface area (Å²) >= 11 is 1.28. The SMILES string of the molecule is COC(=O)CC(NS(=O)(=O)c1ccc([N+](=O)[O-])cc1OC)c1cccs1. The summed E-state index contributed by atoms with van der Waals surface area (Å²) in [5, 5.41) is 12.6. The van der Waals surface area contributed by atoms with Crippen molar-refractivity contribution >= 4 is 33.0 Å². The second-order valence-corrected chi connectivity index (χ2v) is 7.72. The van der Waals surface area contributed by atoms with E-state index in [2.05, 4.69) is 9.46 Å². The van der Waals surface area contributed by atoms with E-state index >= 15 is 0 Å². The van der Waals surface area contributed by atoms with E-state index in [0.29, 0.717) is 4.88 Å². The van der Waals surface area contributed by atoms with Crippen molar-refractivity contribution in [2.75, 3.05) is 14.2 Å². The number of sulfonamides is 1. The number of benzene rings is 1. The molecule has 2 rings (SSSR count). The first-order valence-corrected chi connectivity index (χ1v) is 9.59. The number of methoxy groups -OCH3 is 2. The van der Waals surface area contributed by atoms with Crippen molar-refractivity contribution in [2.24, 2.45) is 0 Å². The van der Waals surface area contributed by atoms with E-state index in [1.165, 1.54) is 25.6 Å². The lowest BCUT2D eigenvalue weighted by atomic mass is 10.2. The lowest BCUT2D eigenvalue weighted by Crippen LogP contribution is -2.30. The van der Waals surface area contributed by atoms with Crippen molar-refractivity contribution in [3.05, 3.63) is 50.7 Å². The van der Waals surface area contributed by atoms with Gasteiger partial charge in [0, 0.05) is 10.9 Å². The fourth-order valence-electron chi connectivity index (χ4n) is 2.18. The van der Waals surface area contributed by atoms with Gasteiger partial charge in [0.05, 0.1) is 37.7 Å². The lowest BCUT2D eigenvalue weighted by Gasteiger charge is -2.17. The fraction of sp³-hybridized carbons (Fsp3) is 0.267. The molecule has 1 aromatic heterocycles. The van der Waals surface area contributed by atoms with Crippen LogP contribution in [0.2, 0.25) is 0 Å². The van der Waals surface area contributed by atoms with Gasteiger partial charge in [-0.05, 0) is 17.5 Å². The van der Waals surface area contributed by atoms with Crippen molar-refractivity contribution in [1.29, 1.82) is 0 Å². The molecule has 26 heavy (non-hydrogen) atoms. The van der Waals surface area contributed by atoms with Gasteiger partial charge in [-0.1, -0.05) is 6.07 Å². The summed E-state index contributed by atoms with van der Waals surface area (Å²) in [6.45, 7) is 0. The summed E-state index contributed by atoms with van der Waals surface area (Å²) in [5.41, 5.74) is -0.301. The van der Waals surface area contributed by atoms with Crippen LogP contribution in [0.5, 0.6) is 5.75 Å². The van der Waals surface area contributed by atoms with Crippen molar-refractivity contribution in [2.45, 2.75) is 17.4 Å². The third-order valence-corrected chi connectivity index (χ3v) is 5.93. The van der Waals surface area contributed by atoms with Crippen LogP contribution in [0.15, 0.2) is 40.6 Å². The smallest absolute Gasteiger partial charge is 0.307 e. The van der Waals surface area contributed by atoms with Crippen LogP contribution in [0.1, 0.15) is 17.3 Å². The summed E-state index contributed by atoms with van der Waals surface area (Å²) in [4.78, 5) is 22.2. The molecule has 2 aromatic rings. The number of non-ortho nitro benzene ring substituents is 1. The molecule has 0 radical (unpaired) electrons. The number of ether oxygens (including phenoxy) is 2. The molecule has 1 aromatic carbocycles. The first kappa shape index (κ1) is 19.8. The molecule has 11 heteroatoms. The highest BCUT2D eigenvalue weighted by Crippen LogP contribution is 2.31. The van der Waals surface area contributed by atoms with Crippen LogP contribution in [0, 0.1) is 10.1 Å². The maximum atomic E-state index is 12.8. The number of thiophene rings is 1. The monoisotopic (exact) mass is 400 g/mol. The normalized spacial score (nSPS) is 12.4. The average molecular weight is 400 g/mol. The fourth-order valence-corrected chi connectivity index (χ4v) is 4.40. The molecule has 0 fully saturated rings. The zero-order valence-corrected chi connectivity index (χ0v) is 15.5. The summed E-state index contributed by atoms with van der Waals surface area (Å²) < 4.78 is 37.6. The largest absolute Gasteiger partial charge is 0.495 e. The Morgan fingerprint density at radius 2 is 2.08 bits per heavy atom. The predicted octanol–water partition coefficient (Wildman–Crippen LogP) is 2.25.